The first kappa shape index (κ1) is 17.5. The summed E-state index contributed by atoms with van der Waals surface area (Å²) >= 11 is -0.294. The predicted octanol–water partition coefficient (Wildman–Crippen LogP) is 5.76. The van der Waals surface area contributed by atoms with Crippen LogP contribution in [-0.4, -0.2) is 14.9 Å². The van der Waals surface area contributed by atoms with Crippen molar-refractivity contribution in [2.75, 3.05) is 0 Å². The number of aromatic nitrogens is 2. The molecule has 0 aliphatic heterocycles. The molecule has 2 heterocycles. The minimum Gasteiger partial charge on any atom is -0.440 e. The normalized spacial score (nSPS) is 12.6. The van der Waals surface area contributed by atoms with E-state index in [1.807, 2.05) is 0 Å². The Morgan fingerprint density at radius 3 is 2.24 bits per heavy atom. The van der Waals surface area contributed by atoms with Crippen molar-refractivity contribution in [3.05, 3.63) is 54.4 Å². The quantitative estimate of drug-likeness (QED) is 0.428. The zero-order chi connectivity index (χ0) is 18.2. The molecule has 0 amide bonds. The number of ether oxygens (including phenoxy) is 1. The van der Waals surface area contributed by atoms with Gasteiger partial charge in [-0.3, -0.25) is 4.40 Å². The van der Waals surface area contributed by atoms with Crippen LogP contribution in [0.1, 0.15) is 5.56 Å². The third-order valence-corrected chi connectivity index (χ3v) is 3.82. The van der Waals surface area contributed by atoms with Crippen molar-refractivity contribution in [3.63, 3.8) is 0 Å². The Bertz CT molecular complexity index is 886. The number of alkyl halides is 6. The molecular formula is C15H8F6N2OS. The van der Waals surface area contributed by atoms with Gasteiger partial charge in [-0.15, -0.1) is 0 Å². The molecule has 0 atom stereocenters. The summed E-state index contributed by atoms with van der Waals surface area (Å²) in [5, 5.41) is 0. The molecule has 10 heteroatoms. The molecule has 3 aromatic rings. The second-order valence-corrected chi connectivity index (χ2v) is 6.00. The Labute approximate surface area is 141 Å². The number of hydrogen-bond donors (Lipinski definition) is 0. The molecule has 0 saturated carbocycles. The van der Waals surface area contributed by atoms with Crippen LogP contribution in [0.5, 0.6) is 11.6 Å². The Balaban J connectivity index is 1.91. The van der Waals surface area contributed by atoms with Gasteiger partial charge in [-0.2, -0.15) is 26.3 Å². The number of imidazole rings is 1. The predicted molar refractivity (Wildman–Crippen MR) is 78.6 cm³/mol. The number of hydrogen-bond acceptors (Lipinski definition) is 3. The molecule has 2 aromatic heterocycles. The maximum absolute atomic E-state index is 12.9. The van der Waals surface area contributed by atoms with Crippen LogP contribution in [-0.2, 0) is 6.18 Å². The molecule has 0 fully saturated rings. The number of nitrogens with zero attached hydrogens (tertiary/aromatic N) is 2. The van der Waals surface area contributed by atoms with Crippen LogP contribution in [0.25, 0.3) is 5.65 Å². The molecule has 25 heavy (non-hydrogen) atoms. The summed E-state index contributed by atoms with van der Waals surface area (Å²) in [6.45, 7) is 0. The van der Waals surface area contributed by atoms with Crippen LogP contribution in [0.15, 0.2) is 53.7 Å². The van der Waals surface area contributed by atoms with E-state index in [9.17, 15) is 26.3 Å². The fourth-order valence-electron chi connectivity index (χ4n) is 2.06. The first-order valence-corrected chi connectivity index (χ1v) is 7.51. The molecule has 0 unspecified atom stereocenters. The van der Waals surface area contributed by atoms with Crippen molar-refractivity contribution in [2.45, 2.75) is 16.6 Å². The van der Waals surface area contributed by atoms with Crippen molar-refractivity contribution >= 4 is 17.4 Å². The van der Waals surface area contributed by atoms with Gasteiger partial charge in [0.1, 0.15) is 11.4 Å². The van der Waals surface area contributed by atoms with Crippen LogP contribution in [0.3, 0.4) is 0 Å². The smallest absolute Gasteiger partial charge is 0.440 e. The first-order valence-electron chi connectivity index (χ1n) is 6.70. The van der Waals surface area contributed by atoms with E-state index < -0.39 is 17.2 Å². The van der Waals surface area contributed by atoms with Gasteiger partial charge in [0.15, 0.2) is 0 Å². The molecule has 0 radical (unpaired) electrons. The molecule has 0 spiro atoms. The van der Waals surface area contributed by atoms with Crippen LogP contribution in [0.2, 0.25) is 0 Å². The minimum atomic E-state index is -4.58. The number of rotatable bonds is 3. The van der Waals surface area contributed by atoms with E-state index in [-0.39, 0.29) is 33.9 Å². The largest absolute Gasteiger partial charge is 0.446 e. The van der Waals surface area contributed by atoms with Crippen molar-refractivity contribution in [2.24, 2.45) is 0 Å². The molecular weight excluding hydrogens is 370 g/mol. The maximum Gasteiger partial charge on any atom is 0.446 e. The summed E-state index contributed by atoms with van der Waals surface area (Å²) in [6.07, 6.45) is -1.86. The standard InChI is InChI=1S/C15H8F6N2OS/c16-14(17,18)9-7-12-22-5-6-23(12)13(8-9)24-10-1-3-11(4-2-10)25-15(19,20)21/h1-8H. The molecule has 0 aliphatic rings. The lowest BCUT2D eigenvalue weighted by molar-refractivity contribution is -0.137. The average molecular weight is 378 g/mol. The van der Waals surface area contributed by atoms with Crippen LogP contribution >= 0.6 is 11.8 Å². The van der Waals surface area contributed by atoms with Crippen LogP contribution in [0.4, 0.5) is 26.3 Å². The van der Waals surface area contributed by atoms with E-state index in [0.29, 0.717) is 0 Å². The van der Waals surface area contributed by atoms with Gasteiger partial charge < -0.3 is 4.74 Å². The summed E-state index contributed by atoms with van der Waals surface area (Å²) in [4.78, 5) is 3.75. The Morgan fingerprint density at radius 1 is 0.960 bits per heavy atom. The van der Waals surface area contributed by atoms with Gasteiger partial charge in [-0.1, -0.05) is 0 Å². The van der Waals surface area contributed by atoms with Crippen molar-refractivity contribution < 1.29 is 31.1 Å². The molecule has 3 nitrogen and oxygen atoms in total. The zero-order valence-corrected chi connectivity index (χ0v) is 12.9. The second kappa shape index (κ2) is 6.17. The molecule has 0 aliphatic carbocycles. The van der Waals surface area contributed by atoms with Crippen molar-refractivity contribution in [1.29, 1.82) is 0 Å². The Morgan fingerprint density at radius 2 is 1.64 bits per heavy atom. The third kappa shape index (κ3) is 4.19. The minimum absolute atomic E-state index is 0.0362. The summed E-state index contributed by atoms with van der Waals surface area (Å²) < 4.78 is 82.4. The SMILES string of the molecule is FC(F)(F)Sc1ccc(Oc2cc(C(F)(F)F)cc3nccn23)cc1. The van der Waals surface area contributed by atoms with Gasteiger partial charge in [0, 0.05) is 23.4 Å². The number of benzene rings is 1. The Kier molecular flexibility index (Phi) is 4.31. The fraction of sp³-hybridized carbons (Fsp3) is 0.133. The number of pyridine rings is 1. The summed E-state index contributed by atoms with van der Waals surface area (Å²) in [6, 6.07) is 6.51. The lowest BCUT2D eigenvalue weighted by atomic mass is 10.2. The monoisotopic (exact) mass is 378 g/mol. The van der Waals surface area contributed by atoms with Gasteiger partial charge >= 0.3 is 11.7 Å². The highest BCUT2D eigenvalue weighted by atomic mass is 32.2. The van der Waals surface area contributed by atoms with Crippen LogP contribution in [0, 0.1) is 0 Å². The van der Waals surface area contributed by atoms with Gasteiger partial charge in [0.2, 0.25) is 5.88 Å². The molecule has 3 rings (SSSR count). The van der Waals surface area contributed by atoms with Crippen molar-refractivity contribution in [1.82, 2.24) is 9.38 Å². The first-order chi connectivity index (χ1) is 11.6. The van der Waals surface area contributed by atoms with Gasteiger partial charge in [-0.25, -0.2) is 4.98 Å². The van der Waals surface area contributed by atoms with E-state index in [1.54, 1.807) is 0 Å². The Hall–Kier alpha value is -2.36. The van der Waals surface area contributed by atoms with E-state index in [4.69, 9.17) is 4.74 Å². The lowest BCUT2D eigenvalue weighted by Crippen LogP contribution is -2.07. The average Bonchev–Trinajstić information content (AvgIpc) is 2.95. The third-order valence-electron chi connectivity index (χ3n) is 3.08. The van der Waals surface area contributed by atoms with E-state index in [2.05, 4.69) is 4.98 Å². The summed E-state index contributed by atoms with van der Waals surface area (Å²) in [7, 11) is 0. The van der Waals surface area contributed by atoms with Crippen LogP contribution < -0.4 is 4.74 Å². The van der Waals surface area contributed by atoms with Crippen molar-refractivity contribution in [3.8, 4) is 11.6 Å². The van der Waals surface area contributed by atoms with E-state index >= 15 is 0 Å². The van der Waals surface area contributed by atoms with E-state index in [1.165, 1.54) is 41.1 Å². The van der Waals surface area contributed by atoms with Gasteiger partial charge in [0.05, 0.1) is 5.56 Å². The highest BCUT2D eigenvalue weighted by Crippen LogP contribution is 2.38. The molecule has 0 N–H and O–H groups in total. The number of fused-ring (bicyclic) bond motifs is 1. The molecule has 132 valence electrons. The second-order valence-electron chi connectivity index (χ2n) is 4.86. The summed E-state index contributed by atoms with van der Waals surface area (Å²) in [5.74, 6) is -0.0561. The number of thioether (sulfide) groups is 1. The summed E-state index contributed by atoms with van der Waals surface area (Å²) in [5.41, 5.74) is -5.33. The number of halogens is 6. The topological polar surface area (TPSA) is 26.5 Å². The maximum atomic E-state index is 12.9. The molecule has 0 bridgehead atoms. The zero-order valence-electron chi connectivity index (χ0n) is 12.1. The van der Waals surface area contributed by atoms with E-state index in [0.717, 1.165) is 12.1 Å². The van der Waals surface area contributed by atoms with Gasteiger partial charge in [-0.05, 0) is 42.1 Å². The molecule has 1 aromatic carbocycles. The van der Waals surface area contributed by atoms with Gasteiger partial charge in [0.25, 0.3) is 0 Å². The lowest BCUT2D eigenvalue weighted by Gasteiger charge is -2.13. The fourth-order valence-corrected chi connectivity index (χ4v) is 2.60. The highest BCUT2D eigenvalue weighted by molar-refractivity contribution is 8.00. The molecule has 0 saturated heterocycles. The highest BCUT2D eigenvalue weighted by Gasteiger charge is 2.32.